The molecule has 1 fully saturated rings. The first-order valence-corrected chi connectivity index (χ1v) is 3.06. The fourth-order valence-electron chi connectivity index (χ4n) is 0.0447. The van der Waals surface area contributed by atoms with Crippen molar-refractivity contribution in [2.45, 2.75) is 0 Å². The monoisotopic (exact) mass is 178 g/mol. The molecule has 0 aromatic carbocycles. The Hall–Kier alpha value is 2.87. The Morgan fingerprint density at radius 2 is 1.12 bits per heavy atom. The summed E-state index contributed by atoms with van der Waals surface area (Å²) in [5.74, 6) is 0. The number of hydrogen-bond donors (Lipinski definition) is 3. The molecule has 0 unspecified atom stereocenters. The van der Waals surface area contributed by atoms with Gasteiger partial charge in [-0.05, 0) is 0 Å². The van der Waals surface area contributed by atoms with Crippen LogP contribution in [0.2, 0.25) is 0 Å². The minimum absolute atomic E-state index is 0. The van der Waals surface area contributed by atoms with Crippen molar-refractivity contribution in [3.8, 4) is 0 Å². The third-order valence-electron chi connectivity index (χ3n) is 0.275. The third kappa shape index (κ3) is 5.64. The Morgan fingerprint density at radius 1 is 1.00 bits per heavy atom. The maximum absolute atomic E-state index is 7.89. The molecular weight excluding hydrogens is 173 g/mol. The molecule has 42 valence electrons. The van der Waals surface area contributed by atoms with Crippen LogP contribution in [0.5, 0.6) is 0 Å². The molecular formula is H5KNaO5P. The Kier molecular flexibility index (Phi) is 5.90. The Bertz CT molecular complexity index is 76.2. The van der Waals surface area contributed by atoms with Crippen molar-refractivity contribution in [3.05, 3.63) is 0 Å². The summed E-state index contributed by atoms with van der Waals surface area (Å²) in [4.78, 5) is 23.7. The molecule has 1 aliphatic heterocycles. The van der Waals surface area contributed by atoms with Gasteiger partial charge in [-0.2, -0.15) is 0 Å². The molecule has 0 saturated carbocycles. The normalized spacial score (nSPS) is 32.1. The molecule has 0 atom stereocenters. The quantitative estimate of drug-likeness (QED) is 0.169. The van der Waals surface area contributed by atoms with Crippen molar-refractivity contribution >= 4 is 88.7 Å². The zero-order chi connectivity index (χ0) is 4.86. The van der Waals surface area contributed by atoms with Gasteiger partial charge in [0.05, 0.1) is 0 Å². The zero-order valence-electron chi connectivity index (χ0n) is 2.61. The van der Waals surface area contributed by atoms with Crippen molar-refractivity contribution in [1.29, 1.82) is 0 Å². The van der Waals surface area contributed by atoms with Crippen LogP contribution in [0.25, 0.3) is 0 Å². The minimum atomic E-state index is -4.80. The third-order valence-corrected chi connectivity index (χ3v) is 0.824. The summed E-state index contributed by atoms with van der Waals surface area (Å²) in [6.45, 7) is 0. The second-order valence-corrected chi connectivity index (χ2v) is 2.95. The average Bonchev–Trinajstić information content (AvgIpc) is 1.73. The fraction of sp³-hybridized carbons (Fsp3) is 0. The van der Waals surface area contributed by atoms with E-state index in [2.05, 4.69) is 9.35 Å². The molecule has 0 aromatic heterocycles. The molecule has 1 saturated heterocycles. The summed E-state index contributed by atoms with van der Waals surface area (Å²) >= 11 is 0. The van der Waals surface area contributed by atoms with Crippen LogP contribution < -0.4 is 0 Å². The van der Waals surface area contributed by atoms with Crippen LogP contribution in [0.4, 0.5) is 0 Å². The average molecular weight is 178 g/mol. The van der Waals surface area contributed by atoms with Gasteiger partial charge in [0.1, 0.15) is 0 Å². The van der Waals surface area contributed by atoms with Gasteiger partial charge in [-0.3, -0.25) is 0 Å². The fourth-order valence-corrected chi connectivity index (χ4v) is 0.402. The second-order valence-electron chi connectivity index (χ2n) is 0.982. The summed E-state index contributed by atoms with van der Waals surface area (Å²) < 4.78 is 6.76. The molecule has 0 aromatic rings. The van der Waals surface area contributed by atoms with Crippen LogP contribution in [0.1, 0.15) is 0 Å². The van der Waals surface area contributed by atoms with E-state index < -0.39 is 7.74 Å². The van der Waals surface area contributed by atoms with Gasteiger partial charge >= 0.3 is 113 Å². The molecule has 1 aliphatic rings. The van der Waals surface area contributed by atoms with E-state index in [9.17, 15) is 0 Å². The molecule has 0 radical (unpaired) electrons. The van der Waals surface area contributed by atoms with Gasteiger partial charge in [0.25, 0.3) is 0 Å². The Morgan fingerprint density at radius 3 is 1.12 bits per heavy atom. The van der Waals surface area contributed by atoms with Crippen molar-refractivity contribution < 1.29 is 24.0 Å². The van der Waals surface area contributed by atoms with E-state index in [-0.39, 0.29) is 80.9 Å². The van der Waals surface area contributed by atoms with Gasteiger partial charge in [-0.1, -0.05) is 0 Å². The predicted octanol–water partition coefficient (Wildman–Crippen LogP) is -2.24. The van der Waals surface area contributed by atoms with Gasteiger partial charge < -0.3 is 0 Å². The van der Waals surface area contributed by atoms with E-state index in [0.29, 0.717) is 0 Å². The molecule has 1 rings (SSSR count). The van der Waals surface area contributed by atoms with E-state index in [1.54, 1.807) is 0 Å². The van der Waals surface area contributed by atoms with E-state index >= 15 is 0 Å². The van der Waals surface area contributed by atoms with Crippen LogP contribution >= 0.6 is 7.74 Å². The molecule has 8 heteroatoms. The molecule has 0 bridgehead atoms. The summed E-state index contributed by atoms with van der Waals surface area (Å²) in [6, 6.07) is 0. The van der Waals surface area contributed by atoms with E-state index in [1.165, 1.54) is 0 Å². The van der Waals surface area contributed by atoms with E-state index in [1.807, 2.05) is 0 Å². The second kappa shape index (κ2) is 3.51. The predicted molar refractivity (Wildman–Crippen MR) is 30.0 cm³/mol. The van der Waals surface area contributed by atoms with Crippen LogP contribution in [-0.2, 0) is 9.35 Å². The molecule has 5 nitrogen and oxygen atoms in total. The van der Waals surface area contributed by atoms with Crippen LogP contribution in [0.15, 0.2) is 0 Å². The maximum atomic E-state index is 7.89. The SMILES string of the molecule is OP1(O)(O)OO1.[KH].[NaH]. The first-order valence-electron chi connectivity index (χ1n) is 1.13. The topological polar surface area (TPSA) is 85.8 Å². The van der Waals surface area contributed by atoms with Crippen molar-refractivity contribution in [1.82, 2.24) is 0 Å². The summed E-state index contributed by atoms with van der Waals surface area (Å²) in [6.07, 6.45) is 0. The molecule has 8 heavy (non-hydrogen) atoms. The summed E-state index contributed by atoms with van der Waals surface area (Å²) in [5, 5.41) is 0. The Labute approximate surface area is 110 Å². The van der Waals surface area contributed by atoms with E-state index in [0.717, 1.165) is 0 Å². The number of hydrogen-bond acceptors (Lipinski definition) is 5. The first-order chi connectivity index (χ1) is 2.47. The van der Waals surface area contributed by atoms with E-state index in [4.69, 9.17) is 14.7 Å². The molecule has 3 N–H and O–H groups in total. The zero-order valence-corrected chi connectivity index (χ0v) is 3.50. The van der Waals surface area contributed by atoms with Gasteiger partial charge in [-0.25, -0.2) is 0 Å². The van der Waals surface area contributed by atoms with Crippen molar-refractivity contribution in [2.24, 2.45) is 0 Å². The van der Waals surface area contributed by atoms with Crippen molar-refractivity contribution in [2.75, 3.05) is 0 Å². The van der Waals surface area contributed by atoms with Crippen LogP contribution in [0, 0.1) is 0 Å². The first kappa shape index (κ1) is 13.5. The number of rotatable bonds is 0. The van der Waals surface area contributed by atoms with Gasteiger partial charge in [-0.15, -0.1) is 0 Å². The molecule has 0 amide bonds. The van der Waals surface area contributed by atoms with Crippen molar-refractivity contribution in [3.63, 3.8) is 0 Å². The van der Waals surface area contributed by atoms with Gasteiger partial charge in [0.15, 0.2) is 0 Å². The Balaban J connectivity index is 0. The van der Waals surface area contributed by atoms with Gasteiger partial charge in [0, 0.05) is 0 Å². The molecule has 0 aliphatic carbocycles. The molecule has 1 heterocycles. The standard InChI is InChI=1S/K.Na.H3O5P.2H/c;;1-6(2,3)4-5-6;;/h;;1-3H;;. The summed E-state index contributed by atoms with van der Waals surface area (Å²) in [5.41, 5.74) is 0. The summed E-state index contributed by atoms with van der Waals surface area (Å²) in [7, 11) is -4.80. The van der Waals surface area contributed by atoms with Crippen LogP contribution in [0.3, 0.4) is 0 Å². The molecule has 0 spiro atoms. The van der Waals surface area contributed by atoms with Gasteiger partial charge in [0.2, 0.25) is 0 Å². The van der Waals surface area contributed by atoms with Crippen LogP contribution in [-0.4, -0.2) is 95.6 Å².